The summed E-state index contributed by atoms with van der Waals surface area (Å²) in [5.41, 5.74) is 6.44. The Bertz CT molecular complexity index is 520. The van der Waals surface area contributed by atoms with Crippen molar-refractivity contribution in [2.45, 2.75) is 0 Å². The maximum absolute atomic E-state index is 10.9. The minimum atomic E-state index is -0.409. The van der Waals surface area contributed by atoms with Crippen LogP contribution in [0.5, 0.6) is 0 Å². The predicted molar refractivity (Wildman–Crippen MR) is 95.9 cm³/mol. The molecule has 0 aromatic heterocycles. The number of rotatable bonds is 5. The molecule has 1 aliphatic heterocycles. The van der Waals surface area contributed by atoms with Gasteiger partial charge >= 0.3 is 0 Å². The number of nitro groups is 1. The van der Waals surface area contributed by atoms with Crippen LogP contribution in [0.2, 0.25) is 0 Å². The molecular weight excluding hydrogens is 401 g/mol. The number of morpholine rings is 1. The van der Waals surface area contributed by atoms with Crippen LogP contribution in [-0.4, -0.2) is 55.2 Å². The van der Waals surface area contributed by atoms with Crippen LogP contribution in [0.4, 0.5) is 11.4 Å². The Hall–Kier alpha value is -1.62. The van der Waals surface area contributed by atoms with Gasteiger partial charge in [0.1, 0.15) is 5.69 Å². The van der Waals surface area contributed by atoms with E-state index in [9.17, 15) is 10.1 Å². The van der Waals surface area contributed by atoms with Crippen LogP contribution >= 0.6 is 24.0 Å². The summed E-state index contributed by atoms with van der Waals surface area (Å²) >= 11 is 0. The summed E-state index contributed by atoms with van der Waals surface area (Å²) in [6, 6.07) is 6.53. The number of guanidine groups is 1. The maximum Gasteiger partial charge on any atom is 0.292 e. The van der Waals surface area contributed by atoms with Crippen molar-refractivity contribution in [3.05, 3.63) is 34.4 Å². The van der Waals surface area contributed by atoms with Crippen LogP contribution in [0.3, 0.4) is 0 Å². The third-order valence-electron chi connectivity index (χ3n) is 3.14. The fourth-order valence-corrected chi connectivity index (χ4v) is 2.04. The molecule has 0 aliphatic carbocycles. The number of nitro benzene ring substituents is 1. The molecule has 8 nitrogen and oxygen atoms in total. The average molecular weight is 421 g/mol. The first-order valence-corrected chi connectivity index (χ1v) is 6.78. The van der Waals surface area contributed by atoms with Crippen LogP contribution in [0.1, 0.15) is 0 Å². The molecule has 1 aliphatic rings. The topological polar surface area (TPSA) is 106 Å². The van der Waals surface area contributed by atoms with Gasteiger partial charge in [-0.3, -0.25) is 15.1 Å². The van der Waals surface area contributed by atoms with Crippen LogP contribution in [-0.2, 0) is 4.74 Å². The molecule has 0 bridgehead atoms. The molecule has 9 heteroatoms. The standard InChI is InChI=1S/C13H19N5O3.HI/c14-13(17-7-9-21-10-8-17)16-6-5-15-11-3-1-2-4-12(11)18(19)20;/h1-4,15H,5-10H2,(H2,14,16);1H. The highest BCUT2D eigenvalue weighted by Crippen LogP contribution is 2.22. The molecule has 3 N–H and O–H groups in total. The zero-order valence-electron chi connectivity index (χ0n) is 12.1. The Labute approximate surface area is 145 Å². The first-order valence-electron chi connectivity index (χ1n) is 6.78. The summed E-state index contributed by atoms with van der Waals surface area (Å²) in [5, 5.41) is 13.9. The maximum atomic E-state index is 10.9. The van der Waals surface area contributed by atoms with Gasteiger partial charge < -0.3 is 20.7 Å². The van der Waals surface area contributed by atoms with Gasteiger partial charge in [-0.05, 0) is 6.07 Å². The third-order valence-corrected chi connectivity index (χ3v) is 3.14. The number of nitrogens with one attached hydrogen (secondary N) is 1. The zero-order valence-corrected chi connectivity index (χ0v) is 14.4. The summed E-state index contributed by atoms with van der Waals surface area (Å²) in [5.74, 6) is 0.489. The molecule has 0 radical (unpaired) electrons. The first-order chi connectivity index (χ1) is 10.2. The van der Waals surface area contributed by atoms with E-state index in [-0.39, 0.29) is 29.7 Å². The zero-order chi connectivity index (χ0) is 15.1. The normalized spacial score (nSPS) is 15.1. The highest BCUT2D eigenvalue weighted by atomic mass is 127. The monoisotopic (exact) mass is 421 g/mol. The molecule has 0 amide bonds. The first kappa shape index (κ1) is 18.4. The molecule has 1 saturated heterocycles. The fourth-order valence-electron chi connectivity index (χ4n) is 2.04. The van der Waals surface area contributed by atoms with Crippen LogP contribution in [0, 0.1) is 10.1 Å². The fraction of sp³-hybridized carbons (Fsp3) is 0.462. The number of hydrogen-bond acceptors (Lipinski definition) is 5. The quantitative estimate of drug-likeness (QED) is 0.185. The van der Waals surface area contributed by atoms with Crippen molar-refractivity contribution in [3.63, 3.8) is 0 Å². The van der Waals surface area contributed by atoms with E-state index < -0.39 is 4.92 Å². The van der Waals surface area contributed by atoms with Gasteiger partial charge in [0.25, 0.3) is 5.69 Å². The number of nitrogens with zero attached hydrogens (tertiary/aromatic N) is 3. The Kier molecular flexibility index (Phi) is 7.88. The second-order valence-corrected chi connectivity index (χ2v) is 4.54. The van der Waals surface area contributed by atoms with Gasteiger partial charge in [0.2, 0.25) is 0 Å². The third kappa shape index (κ3) is 5.30. The van der Waals surface area contributed by atoms with E-state index in [4.69, 9.17) is 10.5 Å². The molecule has 1 aromatic rings. The van der Waals surface area contributed by atoms with Crippen molar-refractivity contribution >= 4 is 41.3 Å². The van der Waals surface area contributed by atoms with E-state index in [1.807, 2.05) is 4.90 Å². The van der Waals surface area contributed by atoms with Crippen LogP contribution in [0.25, 0.3) is 0 Å². The van der Waals surface area contributed by atoms with Crippen molar-refractivity contribution in [2.24, 2.45) is 10.7 Å². The van der Waals surface area contributed by atoms with Gasteiger partial charge in [0.15, 0.2) is 5.96 Å². The minimum absolute atomic E-state index is 0. The summed E-state index contributed by atoms with van der Waals surface area (Å²) in [6.45, 7) is 3.74. The van der Waals surface area contributed by atoms with Gasteiger partial charge in [-0.25, -0.2) is 0 Å². The second kappa shape index (κ2) is 9.41. The largest absolute Gasteiger partial charge is 0.378 e. The van der Waals surface area contributed by atoms with E-state index in [2.05, 4.69) is 10.3 Å². The van der Waals surface area contributed by atoms with Gasteiger partial charge in [0.05, 0.1) is 24.7 Å². The number of ether oxygens (including phenoxy) is 1. The average Bonchev–Trinajstić information content (AvgIpc) is 2.52. The van der Waals surface area contributed by atoms with Crippen LogP contribution < -0.4 is 11.1 Å². The molecular formula is C13H20IN5O3. The SMILES string of the molecule is I.NC(=NCCNc1ccccc1[N+](=O)[O-])N1CCOCC1. The Morgan fingerprint density at radius 3 is 2.77 bits per heavy atom. The van der Waals surface area contributed by atoms with Crippen molar-refractivity contribution in [3.8, 4) is 0 Å². The number of halogens is 1. The van der Waals surface area contributed by atoms with Crippen molar-refractivity contribution in [1.29, 1.82) is 0 Å². The van der Waals surface area contributed by atoms with Gasteiger partial charge in [-0.1, -0.05) is 12.1 Å². The Balaban J connectivity index is 0.00000242. The number of hydrogen-bond donors (Lipinski definition) is 2. The lowest BCUT2D eigenvalue weighted by molar-refractivity contribution is -0.384. The molecule has 2 rings (SSSR count). The van der Waals surface area contributed by atoms with Crippen molar-refractivity contribution in [1.82, 2.24) is 4.90 Å². The van der Waals surface area contributed by atoms with E-state index >= 15 is 0 Å². The lowest BCUT2D eigenvalue weighted by atomic mass is 10.2. The second-order valence-electron chi connectivity index (χ2n) is 4.54. The smallest absolute Gasteiger partial charge is 0.292 e. The Morgan fingerprint density at radius 2 is 2.09 bits per heavy atom. The highest BCUT2D eigenvalue weighted by molar-refractivity contribution is 14.0. The van der Waals surface area contributed by atoms with E-state index in [1.54, 1.807) is 18.2 Å². The molecule has 122 valence electrons. The van der Waals surface area contributed by atoms with E-state index in [1.165, 1.54) is 6.07 Å². The number of aliphatic imine (C=N–C) groups is 1. The van der Waals surface area contributed by atoms with Gasteiger partial charge in [-0.2, -0.15) is 0 Å². The molecule has 0 atom stereocenters. The molecule has 1 aromatic carbocycles. The molecule has 0 unspecified atom stereocenters. The lowest BCUT2D eigenvalue weighted by Crippen LogP contribution is -2.45. The summed E-state index contributed by atoms with van der Waals surface area (Å²) in [4.78, 5) is 16.7. The molecule has 1 heterocycles. The van der Waals surface area contributed by atoms with E-state index in [0.29, 0.717) is 38.0 Å². The molecule has 0 saturated carbocycles. The minimum Gasteiger partial charge on any atom is -0.378 e. The lowest BCUT2D eigenvalue weighted by Gasteiger charge is -2.27. The summed E-state index contributed by atoms with van der Waals surface area (Å²) in [7, 11) is 0. The van der Waals surface area contributed by atoms with Crippen molar-refractivity contribution < 1.29 is 9.66 Å². The summed E-state index contributed by atoms with van der Waals surface area (Å²) < 4.78 is 5.24. The number of benzene rings is 1. The number of para-hydroxylation sites is 2. The molecule has 0 spiro atoms. The molecule has 22 heavy (non-hydrogen) atoms. The molecule has 1 fully saturated rings. The number of anilines is 1. The Morgan fingerprint density at radius 1 is 1.41 bits per heavy atom. The van der Waals surface area contributed by atoms with Gasteiger partial charge in [0, 0.05) is 25.7 Å². The van der Waals surface area contributed by atoms with Crippen LogP contribution in [0.15, 0.2) is 29.3 Å². The van der Waals surface area contributed by atoms with E-state index in [0.717, 1.165) is 13.1 Å². The van der Waals surface area contributed by atoms with Crippen molar-refractivity contribution in [2.75, 3.05) is 44.7 Å². The predicted octanol–water partition coefficient (Wildman–Crippen LogP) is 1.27. The van der Waals surface area contributed by atoms with Gasteiger partial charge in [-0.15, -0.1) is 24.0 Å². The number of nitrogens with two attached hydrogens (primary N) is 1. The highest BCUT2D eigenvalue weighted by Gasteiger charge is 2.13. The summed E-state index contributed by atoms with van der Waals surface area (Å²) in [6.07, 6.45) is 0.